The third kappa shape index (κ3) is 16.4. The van der Waals surface area contributed by atoms with Crippen LogP contribution in [0.2, 0.25) is 0 Å². The number of hydrogen-bond donors (Lipinski definition) is 4. The summed E-state index contributed by atoms with van der Waals surface area (Å²) in [6.45, 7) is 9.74. The maximum Gasteiger partial charge on any atom is 3.00 e. The van der Waals surface area contributed by atoms with Crippen LogP contribution >= 0.6 is 0 Å². The van der Waals surface area contributed by atoms with Gasteiger partial charge in [-0.2, -0.15) is 0 Å². The summed E-state index contributed by atoms with van der Waals surface area (Å²) in [6.07, 6.45) is 3.73. The van der Waals surface area contributed by atoms with Gasteiger partial charge in [-0.1, -0.05) is 36.4 Å². The number of aromatic nitrogens is 4. The van der Waals surface area contributed by atoms with Gasteiger partial charge in [0.1, 0.15) is 11.0 Å². The van der Waals surface area contributed by atoms with Crippen LogP contribution < -0.4 is 33.7 Å². The Balaban J connectivity index is 0.000000669. The summed E-state index contributed by atoms with van der Waals surface area (Å²) >= 11 is 0. The zero-order valence-electron chi connectivity index (χ0n) is 33.8. The number of carbonyl (C=O) groups excluding carboxylic acids is 6. The fraction of sp³-hybridized carbons (Fsp3) is 0.273. The minimum atomic E-state index is -0.187. The molecule has 14 nitrogen and oxygen atoms in total. The van der Waals surface area contributed by atoms with E-state index in [-0.39, 0.29) is 64.1 Å². The van der Waals surface area contributed by atoms with E-state index in [0.717, 1.165) is 73.9 Å². The molecule has 60 heavy (non-hydrogen) atoms. The fourth-order valence-electron chi connectivity index (χ4n) is 5.67. The Bertz CT molecular complexity index is 2220. The molecule has 0 saturated carbocycles. The van der Waals surface area contributed by atoms with E-state index in [1.165, 1.54) is 27.7 Å². The molecule has 2 amide bonds. The summed E-state index contributed by atoms with van der Waals surface area (Å²) in [5.74, 6) is -1.04. The number of rotatable bonds is 17. The van der Waals surface area contributed by atoms with E-state index in [0.29, 0.717) is 46.3 Å². The van der Waals surface area contributed by atoms with Crippen LogP contribution in [0.4, 0.5) is 0 Å². The average Bonchev–Trinajstić information content (AvgIpc) is 3.18. The average molecular weight is 879 g/mol. The van der Waals surface area contributed by atoms with Gasteiger partial charge in [-0.05, 0) is 102 Å². The van der Waals surface area contributed by atoms with Crippen molar-refractivity contribution in [3.8, 4) is 0 Å². The number of ketones is 4. The minimum Gasteiger partial charge on any atom is -1.00 e. The molecular weight excluding hydrogens is 831 g/mol. The molecule has 4 N–H and O–H groups in total. The molecule has 2 aromatic heterocycles. The number of para-hydroxylation sites is 6. The number of Topliss-reactive ketones (excluding diaryl/α,β-unsaturated/α-hetero) is 4. The molecule has 0 atom stereocenters. The maximum atomic E-state index is 12.8. The van der Waals surface area contributed by atoms with E-state index < -0.39 is 0 Å². The number of amides is 2. The van der Waals surface area contributed by atoms with Gasteiger partial charge >= 0.3 is 16.8 Å². The zero-order chi connectivity index (χ0) is 41.9. The molecule has 0 radical (unpaired) electrons. The van der Waals surface area contributed by atoms with Crippen molar-refractivity contribution in [1.82, 2.24) is 41.2 Å². The number of benzene rings is 4. The molecule has 6 aromatic rings. The second-order valence-corrected chi connectivity index (χ2v) is 13.2. The summed E-state index contributed by atoms with van der Waals surface area (Å²) in [6, 6.07) is 26.3. The molecule has 2 heterocycles. The van der Waals surface area contributed by atoms with Gasteiger partial charge in [0.05, 0.1) is 44.2 Å². The first-order valence-corrected chi connectivity index (χ1v) is 18.9. The van der Waals surface area contributed by atoms with Crippen molar-refractivity contribution >= 4 is 79.1 Å². The normalized spacial score (nSPS) is 10.1. The molecule has 16 heteroatoms. The van der Waals surface area contributed by atoms with Crippen molar-refractivity contribution in [2.24, 2.45) is 0 Å². The van der Waals surface area contributed by atoms with Gasteiger partial charge in [-0.3, -0.25) is 22.4 Å². The Kier molecular flexibility index (Phi) is 22.0. The van der Waals surface area contributed by atoms with E-state index in [9.17, 15) is 28.8 Å². The van der Waals surface area contributed by atoms with Gasteiger partial charge in [0.25, 0.3) is 11.8 Å². The predicted octanol–water partition coefficient (Wildman–Crippen LogP) is 1.74. The van der Waals surface area contributed by atoms with Crippen LogP contribution in [0.3, 0.4) is 0 Å². The van der Waals surface area contributed by atoms with Crippen LogP contribution in [0.15, 0.2) is 84.9 Å². The monoisotopic (exact) mass is 878 g/mol. The van der Waals surface area contributed by atoms with Crippen molar-refractivity contribution in [3.63, 3.8) is 0 Å². The van der Waals surface area contributed by atoms with E-state index >= 15 is 0 Å². The Morgan fingerprint density at radius 2 is 0.750 bits per heavy atom. The number of nitrogens with one attached hydrogen (secondary N) is 4. The molecule has 0 spiro atoms. The molecule has 316 valence electrons. The van der Waals surface area contributed by atoms with Gasteiger partial charge in [-0.25, -0.2) is 19.9 Å². The molecule has 0 fully saturated rings. The van der Waals surface area contributed by atoms with Crippen LogP contribution in [-0.2, 0) is 36.0 Å². The van der Waals surface area contributed by atoms with Gasteiger partial charge in [-0.15, -0.1) is 0 Å². The largest absolute Gasteiger partial charge is 3.00 e. The summed E-state index contributed by atoms with van der Waals surface area (Å²) in [5.41, 5.74) is 6.89. The SMILES string of the molecule is CC(=O)[CH-]C(C)=O.CC(=O)[CH-]C(C)=O.O=C(NCCCNCCNCCCNC(=O)c1cccc2nc3ccccc3nc12)c1cccc2nc3ccccc3nc12.[Cl-].[Co+3]. The fourth-order valence-corrected chi connectivity index (χ4v) is 5.67. The molecule has 0 bridgehead atoms. The molecule has 0 aliphatic heterocycles. The van der Waals surface area contributed by atoms with Crippen molar-refractivity contribution in [3.05, 3.63) is 109 Å². The van der Waals surface area contributed by atoms with Crippen molar-refractivity contribution in [2.45, 2.75) is 40.5 Å². The van der Waals surface area contributed by atoms with Crippen LogP contribution in [0.25, 0.3) is 44.1 Å². The minimum absolute atomic E-state index is 0. The molecule has 0 saturated heterocycles. The molecule has 6 rings (SSSR count). The van der Waals surface area contributed by atoms with Crippen molar-refractivity contribution in [2.75, 3.05) is 39.3 Å². The number of halogens is 1. The van der Waals surface area contributed by atoms with Gasteiger partial charge in [0.2, 0.25) is 0 Å². The first-order valence-electron chi connectivity index (χ1n) is 18.9. The van der Waals surface area contributed by atoms with Crippen LogP contribution in [-0.4, -0.2) is 94.2 Å². The second kappa shape index (κ2) is 26.3. The van der Waals surface area contributed by atoms with Gasteiger partial charge in [0.15, 0.2) is 0 Å². The molecule has 4 aromatic carbocycles. The zero-order valence-corrected chi connectivity index (χ0v) is 35.6. The van der Waals surface area contributed by atoms with E-state index in [2.05, 4.69) is 41.2 Å². The molecular formula is C44H48ClCoN8O6. The third-order valence-corrected chi connectivity index (χ3v) is 8.15. The van der Waals surface area contributed by atoms with E-state index in [4.69, 9.17) is 0 Å². The first-order chi connectivity index (χ1) is 27.9. The molecule has 0 unspecified atom stereocenters. The number of fused-ring (bicyclic) bond motifs is 4. The third-order valence-electron chi connectivity index (χ3n) is 8.15. The first kappa shape index (κ1) is 50.3. The second-order valence-electron chi connectivity index (χ2n) is 13.2. The Hall–Kier alpha value is -5.84. The number of nitrogens with zero attached hydrogens (tertiary/aromatic N) is 4. The summed E-state index contributed by atoms with van der Waals surface area (Å²) in [5, 5.41) is 12.8. The maximum absolute atomic E-state index is 12.8. The topological polar surface area (TPSA) is 202 Å². The van der Waals surface area contributed by atoms with Crippen LogP contribution in [0, 0.1) is 12.8 Å². The Labute approximate surface area is 365 Å². The van der Waals surface area contributed by atoms with Gasteiger partial charge in [0, 0.05) is 49.3 Å². The molecule has 0 aliphatic carbocycles. The van der Waals surface area contributed by atoms with Crippen molar-refractivity contribution in [1.29, 1.82) is 0 Å². The standard InChI is InChI=1S/C34H34N8O2.2C5H7O2.ClH.Co/c43-33(23-9-5-15-29-31(23)41-27-13-3-1-11-25(27)39-29)37-19-7-17-35-21-22-36-18-8-20-38-34(44)24-10-6-16-30-32(24)42-28-14-4-2-12-26(28)40-30;2*1-4(6)3-5(2)7;;/h1-6,9-16,35-36H,7-8,17-22H2,(H,37,43)(H,38,44);2*3H,1-2H3;1H;/q;2*-1;;+3/p-1. The molecule has 0 aliphatic rings. The van der Waals surface area contributed by atoms with Crippen molar-refractivity contribution < 1.29 is 58.0 Å². The van der Waals surface area contributed by atoms with Crippen LogP contribution in [0.1, 0.15) is 61.3 Å². The van der Waals surface area contributed by atoms with E-state index in [1.54, 1.807) is 12.1 Å². The quantitative estimate of drug-likeness (QED) is 0.0449. The number of hydrogen-bond acceptors (Lipinski definition) is 12. The summed E-state index contributed by atoms with van der Waals surface area (Å²) in [7, 11) is 0. The summed E-state index contributed by atoms with van der Waals surface area (Å²) in [4.78, 5) is 84.2. The Morgan fingerprint density at radius 3 is 1.07 bits per heavy atom. The number of carbonyl (C=O) groups is 6. The Morgan fingerprint density at radius 1 is 0.433 bits per heavy atom. The van der Waals surface area contributed by atoms with E-state index in [1.807, 2.05) is 72.8 Å². The van der Waals surface area contributed by atoms with Crippen LogP contribution in [0.5, 0.6) is 0 Å². The van der Waals surface area contributed by atoms with Gasteiger partial charge < -0.3 is 52.9 Å². The smallest absolute Gasteiger partial charge is 1.00 e. The predicted molar refractivity (Wildman–Crippen MR) is 225 cm³/mol. The summed E-state index contributed by atoms with van der Waals surface area (Å²) < 4.78 is 0.